The van der Waals surface area contributed by atoms with Gasteiger partial charge >= 0.3 is 0 Å². The van der Waals surface area contributed by atoms with Crippen molar-refractivity contribution in [2.75, 3.05) is 7.11 Å². The molecule has 0 radical (unpaired) electrons. The molecule has 3 aromatic rings. The van der Waals surface area contributed by atoms with Crippen LogP contribution in [0.5, 0.6) is 5.75 Å². The lowest BCUT2D eigenvalue weighted by molar-refractivity contribution is 0.414. The van der Waals surface area contributed by atoms with Crippen molar-refractivity contribution < 1.29 is 17.6 Å². The summed E-state index contributed by atoms with van der Waals surface area (Å²) in [5, 5.41) is 7.91. The third-order valence-corrected chi connectivity index (χ3v) is 5.49. The molecule has 0 spiro atoms. The highest BCUT2D eigenvalue weighted by atomic mass is 32.2. The molecule has 1 heterocycles. The van der Waals surface area contributed by atoms with Gasteiger partial charge in [-0.1, -0.05) is 18.2 Å². The highest BCUT2D eigenvalue weighted by Crippen LogP contribution is 2.23. The molecule has 0 unspecified atom stereocenters. The van der Waals surface area contributed by atoms with Gasteiger partial charge in [-0.15, -0.1) is 10.2 Å². The molecule has 0 saturated carbocycles. The second-order valence-electron chi connectivity index (χ2n) is 5.77. The number of hydrogen-bond donors (Lipinski definition) is 1. The van der Waals surface area contributed by atoms with E-state index in [2.05, 4.69) is 14.9 Å². The lowest BCUT2D eigenvalue weighted by atomic mass is 10.1. The molecule has 0 fully saturated rings. The molecule has 136 valence electrons. The van der Waals surface area contributed by atoms with Crippen molar-refractivity contribution in [3.05, 3.63) is 59.5 Å². The van der Waals surface area contributed by atoms with Crippen LogP contribution in [0.25, 0.3) is 11.5 Å². The quantitative estimate of drug-likeness (QED) is 0.714. The normalized spacial score (nSPS) is 11.5. The summed E-state index contributed by atoms with van der Waals surface area (Å²) in [6.07, 6.45) is 0. The zero-order valence-electron chi connectivity index (χ0n) is 14.7. The van der Waals surface area contributed by atoms with Crippen molar-refractivity contribution in [3.8, 4) is 17.2 Å². The first-order valence-corrected chi connectivity index (χ1v) is 9.42. The molecule has 8 heteroatoms. The van der Waals surface area contributed by atoms with Crippen LogP contribution in [-0.2, 0) is 16.6 Å². The molecule has 0 atom stereocenters. The molecular formula is C18H19N3O4S. The van der Waals surface area contributed by atoms with Crippen molar-refractivity contribution in [1.82, 2.24) is 14.9 Å². The highest BCUT2D eigenvalue weighted by molar-refractivity contribution is 7.89. The van der Waals surface area contributed by atoms with E-state index in [-0.39, 0.29) is 17.3 Å². The van der Waals surface area contributed by atoms with Crippen LogP contribution in [0.2, 0.25) is 0 Å². The largest absolute Gasteiger partial charge is 0.497 e. The van der Waals surface area contributed by atoms with Gasteiger partial charge < -0.3 is 9.15 Å². The first kappa shape index (κ1) is 18.1. The Morgan fingerprint density at radius 3 is 2.54 bits per heavy atom. The third-order valence-electron chi connectivity index (χ3n) is 3.93. The van der Waals surface area contributed by atoms with Crippen LogP contribution >= 0.6 is 0 Å². The number of hydrogen-bond acceptors (Lipinski definition) is 6. The van der Waals surface area contributed by atoms with E-state index in [1.54, 1.807) is 19.1 Å². The van der Waals surface area contributed by atoms with Gasteiger partial charge in [0.2, 0.25) is 21.8 Å². The number of aromatic nitrogens is 2. The van der Waals surface area contributed by atoms with Crippen LogP contribution in [0, 0.1) is 13.8 Å². The number of benzene rings is 2. The minimum Gasteiger partial charge on any atom is -0.497 e. The summed E-state index contributed by atoms with van der Waals surface area (Å²) in [6.45, 7) is 3.56. The number of rotatable bonds is 6. The van der Waals surface area contributed by atoms with Crippen molar-refractivity contribution >= 4 is 10.0 Å². The fourth-order valence-electron chi connectivity index (χ4n) is 2.53. The van der Waals surface area contributed by atoms with Gasteiger partial charge in [0.15, 0.2) is 0 Å². The summed E-state index contributed by atoms with van der Waals surface area (Å²) in [5.41, 5.74) is 2.40. The van der Waals surface area contributed by atoms with Gasteiger partial charge in [-0.2, -0.15) is 0 Å². The van der Waals surface area contributed by atoms with E-state index in [9.17, 15) is 8.42 Å². The summed E-state index contributed by atoms with van der Waals surface area (Å²) in [6, 6.07) is 12.4. The topological polar surface area (TPSA) is 94.3 Å². The molecule has 0 aliphatic rings. The maximum absolute atomic E-state index is 12.5. The van der Waals surface area contributed by atoms with Gasteiger partial charge in [-0.05, 0) is 49.2 Å². The Hall–Kier alpha value is -2.71. The number of methoxy groups -OCH3 is 1. The molecule has 7 nitrogen and oxygen atoms in total. The summed E-state index contributed by atoms with van der Waals surface area (Å²) in [5.74, 6) is 1.15. The predicted molar refractivity (Wildman–Crippen MR) is 96.2 cm³/mol. The van der Waals surface area contributed by atoms with Crippen molar-refractivity contribution in [3.63, 3.8) is 0 Å². The molecule has 0 amide bonds. The van der Waals surface area contributed by atoms with Gasteiger partial charge in [0.1, 0.15) is 5.75 Å². The van der Waals surface area contributed by atoms with Crippen LogP contribution in [0.4, 0.5) is 0 Å². The van der Waals surface area contributed by atoms with Crippen LogP contribution in [-0.4, -0.2) is 25.7 Å². The van der Waals surface area contributed by atoms with E-state index >= 15 is 0 Å². The van der Waals surface area contributed by atoms with E-state index < -0.39 is 10.0 Å². The Labute approximate surface area is 152 Å². The number of sulfonamides is 1. The SMILES string of the molecule is COc1ccc(S(=O)(=O)NCc2nnc(-c3ccccc3C)o2)c(C)c1. The molecule has 3 rings (SSSR count). The number of nitrogens with one attached hydrogen (secondary N) is 1. The van der Waals surface area contributed by atoms with E-state index in [0.717, 1.165) is 11.1 Å². The average molecular weight is 373 g/mol. The molecule has 26 heavy (non-hydrogen) atoms. The second kappa shape index (κ2) is 7.27. The summed E-state index contributed by atoms with van der Waals surface area (Å²) in [4.78, 5) is 0.178. The number of aryl methyl sites for hydroxylation is 2. The van der Waals surface area contributed by atoms with Gasteiger partial charge in [-0.3, -0.25) is 0 Å². The van der Waals surface area contributed by atoms with Crippen LogP contribution < -0.4 is 9.46 Å². The molecule has 2 aromatic carbocycles. The van der Waals surface area contributed by atoms with E-state index in [0.29, 0.717) is 17.2 Å². The van der Waals surface area contributed by atoms with Gasteiger partial charge in [0.25, 0.3) is 0 Å². The van der Waals surface area contributed by atoms with Gasteiger partial charge in [0.05, 0.1) is 18.6 Å². The Kier molecular flexibility index (Phi) is 5.06. The molecule has 0 saturated heterocycles. The summed E-state index contributed by atoms with van der Waals surface area (Å²) in [7, 11) is -2.18. The van der Waals surface area contributed by atoms with Crippen molar-refractivity contribution in [1.29, 1.82) is 0 Å². The van der Waals surface area contributed by atoms with Crippen molar-refractivity contribution in [2.24, 2.45) is 0 Å². The number of nitrogens with zero attached hydrogens (tertiary/aromatic N) is 2. The Bertz CT molecular complexity index is 1030. The first-order valence-electron chi connectivity index (χ1n) is 7.93. The molecule has 0 bridgehead atoms. The van der Waals surface area contributed by atoms with E-state index in [4.69, 9.17) is 9.15 Å². The number of ether oxygens (including phenoxy) is 1. The minimum atomic E-state index is -3.71. The first-order chi connectivity index (χ1) is 12.4. The van der Waals surface area contributed by atoms with Crippen LogP contribution in [0.1, 0.15) is 17.0 Å². The molecule has 1 N–H and O–H groups in total. The molecule has 1 aromatic heterocycles. The van der Waals surface area contributed by atoms with Gasteiger partial charge in [0, 0.05) is 5.56 Å². The van der Waals surface area contributed by atoms with Crippen LogP contribution in [0.3, 0.4) is 0 Å². The predicted octanol–water partition coefficient (Wildman–Crippen LogP) is 2.84. The van der Waals surface area contributed by atoms with Crippen molar-refractivity contribution in [2.45, 2.75) is 25.3 Å². The average Bonchev–Trinajstić information content (AvgIpc) is 3.09. The third kappa shape index (κ3) is 3.76. The van der Waals surface area contributed by atoms with E-state index in [1.807, 2.05) is 31.2 Å². The highest BCUT2D eigenvalue weighted by Gasteiger charge is 2.19. The Morgan fingerprint density at radius 2 is 1.85 bits per heavy atom. The summed E-state index contributed by atoms with van der Waals surface area (Å²) >= 11 is 0. The molecule has 0 aliphatic carbocycles. The van der Waals surface area contributed by atoms with Crippen LogP contribution in [0.15, 0.2) is 51.8 Å². The molecular weight excluding hydrogens is 354 g/mol. The Morgan fingerprint density at radius 1 is 1.08 bits per heavy atom. The zero-order valence-corrected chi connectivity index (χ0v) is 15.5. The fraction of sp³-hybridized carbons (Fsp3) is 0.222. The zero-order chi connectivity index (χ0) is 18.7. The monoisotopic (exact) mass is 373 g/mol. The lowest BCUT2D eigenvalue weighted by Gasteiger charge is -2.09. The smallest absolute Gasteiger partial charge is 0.248 e. The van der Waals surface area contributed by atoms with Gasteiger partial charge in [-0.25, -0.2) is 13.1 Å². The summed E-state index contributed by atoms with van der Waals surface area (Å²) < 4.78 is 38.2. The maximum atomic E-state index is 12.5. The minimum absolute atomic E-state index is 0.0906. The lowest BCUT2D eigenvalue weighted by Crippen LogP contribution is -2.24. The second-order valence-corrected chi connectivity index (χ2v) is 7.51. The standard InChI is InChI=1S/C18H19N3O4S/c1-12-6-4-5-7-15(12)18-21-20-17(25-18)11-19-26(22,23)16-9-8-14(24-3)10-13(16)2/h4-10,19H,11H2,1-3H3. The molecule has 0 aliphatic heterocycles. The maximum Gasteiger partial charge on any atom is 0.248 e. The Balaban J connectivity index is 1.76. The van der Waals surface area contributed by atoms with E-state index in [1.165, 1.54) is 13.2 Å². The fourth-order valence-corrected chi connectivity index (χ4v) is 3.73.